The topological polar surface area (TPSA) is 106 Å². The number of hydrogen-bond acceptors (Lipinski definition) is 6. The van der Waals surface area contributed by atoms with E-state index in [-0.39, 0.29) is 17.6 Å². The molecular formula is C11H11ClN6O. The molecule has 2 aromatic rings. The smallest absolute Gasteiger partial charge is 0.251 e. The number of nitrogen functional groups attached to an aromatic ring is 1. The Kier molecular flexibility index (Phi) is 4.22. The Morgan fingerprint density at radius 2 is 2.26 bits per heavy atom. The van der Waals surface area contributed by atoms with E-state index in [2.05, 4.69) is 25.9 Å². The first-order chi connectivity index (χ1) is 9.19. The Balaban J connectivity index is 2.06. The molecule has 0 radical (unpaired) electrons. The number of carbonyl (C=O) groups excluding carboxylic acids is 1. The summed E-state index contributed by atoms with van der Waals surface area (Å²) >= 11 is 5.78. The van der Waals surface area contributed by atoms with Crippen LogP contribution in [-0.2, 0) is 6.54 Å². The first-order valence-corrected chi connectivity index (χ1v) is 5.76. The molecule has 0 aliphatic carbocycles. The number of nitrogens with one attached hydrogen (secondary N) is 2. The minimum atomic E-state index is -0.300. The van der Waals surface area contributed by atoms with Crippen LogP contribution in [0, 0.1) is 0 Å². The van der Waals surface area contributed by atoms with E-state index >= 15 is 0 Å². The van der Waals surface area contributed by atoms with Crippen molar-refractivity contribution in [3.63, 3.8) is 0 Å². The van der Waals surface area contributed by atoms with Crippen LogP contribution in [0.1, 0.15) is 16.1 Å². The normalized spacial score (nSPS) is 10.0. The molecule has 8 heteroatoms. The quantitative estimate of drug-likeness (QED) is 0.433. The zero-order valence-corrected chi connectivity index (χ0v) is 10.6. The summed E-state index contributed by atoms with van der Waals surface area (Å²) in [6.07, 6.45) is 1.56. The van der Waals surface area contributed by atoms with Crippen LogP contribution in [0.15, 0.2) is 30.5 Å². The van der Waals surface area contributed by atoms with Crippen LogP contribution in [-0.4, -0.2) is 21.1 Å². The number of pyridine rings is 1. The maximum absolute atomic E-state index is 11.9. The number of halogens is 1. The van der Waals surface area contributed by atoms with Gasteiger partial charge < -0.3 is 10.7 Å². The fourth-order valence-electron chi connectivity index (χ4n) is 1.40. The predicted molar refractivity (Wildman–Crippen MR) is 70.3 cm³/mol. The van der Waals surface area contributed by atoms with Crippen molar-refractivity contribution in [3.05, 3.63) is 46.9 Å². The van der Waals surface area contributed by atoms with Gasteiger partial charge in [0.15, 0.2) is 0 Å². The van der Waals surface area contributed by atoms with Crippen LogP contribution in [0.2, 0.25) is 5.15 Å². The summed E-state index contributed by atoms with van der Waals surface area (Å²) in [5.41, 5.74) is 3.36. The van der Waals surface area contributed by atoms with Crippen LogP contribution < -0.4 is 16.6 Å². The molecule has 0 fully saturated rings. The molecule has 4 N–H and O–H groups in total. The molecule has 0 aromatic carbocycles. The second kappa shape index (κ2) is 6.07. The number of hydrogen-bond donors (Lipinski definition) is 3. The third-order valence-electron chi connectivity index (χ3n) is 2.26. The second-order valence-electron chi connectivity index (χ2n) is 3.61. The van der Waals surface area contributed by atoms with E-state index < -0.39 is 0 Å². The van der Waals surface area contributed by atoms with Crippen LogP contribution >= 0.6 is 11.6 Å². The van der Waals surface area contributed by atoms with E-state index in [9.17, 15) is 4.79 Å². The van der Waals surface area contributed by atoms with Gasteiger partial charge in [0.2, 0.25) is 0 Å². The average Bonchev–Trinajstić information content (AvgIpc) is 2.45. The Morgan fingerprint density at radius 1 is 1.42 bits per heavy atom. The van der Waals surface area contributed by atoms with Gasteiger partial charge in [0.25, 0.3) is 5.91 Å². The van der Waals surface area contributed by atoms with Crippen molar-refractivity contribution in [3.8, 4) is 0 Å². The molecular weight excluding hydrogens is 268 g/mol. The van der Waals surface area contributed by atoms with Crippen LogP contribution in [0.4, 0.5) is 5.82 Å². The maximum Gasteiger partial charge on any atom is 0.251 e. The highest BCUT2D eigenvalue weighted by atomic mass is 35.5. The fraction of sp³-hybridized carbons (Fsp3) is 0.0909. The number of amides is 1. The number of hydrazine groups is 1. The van der Waals surface area contributed by atoms with Gasteiger partial charge in [-0.05, 0) is 24.3 Å². The van der Waals surface area contributed by atoms with Gasteiger partial charge in [-0.1, -0.05) is 11.6 Å². The lowest BCUT2D eigenvalue weighted by molar-refractivity contribution is 0.0950. The second-order valence-corrected chi connectivity index (χ2v) is 3.99. The standard InChI is InChI=1S/C11H11ClN6O/c12-9-4-7(5-10(16-9)17-13)11(19)14-6-8-2-1-3-15-18-8/h1-5H,6,13H2,(H,14,19)(H,16,17). The fourth-order valence-corrected chi connectivity index (χ4v) is 1.61. The number of rotatable bonds is 4. The van der Waals surface area contributed by atoms with Crippen LogP contribution in [0.3, 0.4) is 0 Å². The van der Waals surface area contributed by atoms with Crippen molar-refractivity contribution >= 4 is 23.3 Å². The Morgan fingerprint density at radius 3 is 2.95 bits per heavy atom. The van der Waals surface area contributed by atoms with Crippen molar-refractivity contribution in [2.45, 2.75) is 6.54 Å². The Bertz CT molecular complexity index is 577. The minimum absolute atomic E-state index is 0.181. The average molecular weight is 279 g/mol. The van der Waals surface area contributed by atoms with Gasteiger partial charge in [0.1, 0.15) is 11.0 Å². The molecule has 7 nitrogen and oxygen atoms in total. The van der Waals surface area contributed by atoms with Gasteiger partial charge in [0.05, 0.1) is 12.2 Å². The molecule has 2 rings (SSSR count). The summed E-state index contributed by atoms with van der Waals surface area (Å²) in [5, 5.41) is 10.5. The molecule has 2 heterocycles. The van der Waals surface area contributed by atoms with Crippen molar-refractivity contribution in [2.75, 3.05) is 5.43 Å². The van der Waals surface area contributed by atoms with Crippen LogP contribution in [0.5, 0.6) is 0 Å². The van der Waals surface area contributed by atoms with Gasteiger partial charge >= 0.3 is 0 Å². The molecule has 0 saturated heterocycles. The maximum atomic E-state index is 11.9. The van der Waals surface area contributed by atoms with Gasteiger partial charge in [-0.15, -0.1) is 0 Å². The van der Waals surface area contributed by atoms with Gasteiger partial charge in [0, 0.05) is 11.8 Å². The highest BCUT2D eigenvalue weighted by Gasteiger charge is 2.09. The van der Waals surface area contributed by atoms with Crippen molar-refractivity contribution in [1.82, 2.24) is 20.5 Å². The molecule has 2 aromatic heterocycles. The molecule has 0 atom stereocenters. The lowest BCUT2D eigenvalue weighted by Crippen LogP contribution is -2.24. The third-order valence-corrected chi connectivity index (χ3v) is 2.46. The molecule has 0 aliphatic rings. The molecule has 1 amide bonds. The molecule has 0 aliphatic heterocycles. The van der Waals surface area contributed by atoms with E-state index in [0.29, 0.717) is 17.1 Å². The SMILES string of the molecule is NNc1cc(C(=O)NCc2cccnn2)cc(Cl)n1. The summed E-state index contributed by atoms with van der Waals surface area (Å²) in [4.78, 5) is 15.8. The first kappa shape index (κ1) is 13.2. The monoisotopic (exact) mass is 278 g/mol. The van der Waals surface area contributed by atoms with Crippen molar-refractivity contribution in [2.24, 2.45) is 5.84 Å². The minimum Gasteiger partial charge on any atom is -0.346 e. The third kappa shape index (κ3) is 3.60. The summed E-state index contributed by atoms with van der Waals surface area (Å²) in [6.45, 7) is 0.276. The largest absolute Gasteiger partial charge is 0.346 e. The highest BCUT2D eigenvalue weighted by molar-refractivity contribution is 6.29. The van der Waals surface area contributed by atoms with E-state index in [1.165, 1.54) is 12.1 Å². The number of anilines is 1. The predicted octanol–water partition coefficient (Wildman–Crippen LogP) is 0.741. The molecule has 0 bridgehead atoms. The van der Waals surface area contributed by atoms with Gasteiger partial charge in [-0.2, -0.15) is 10.2 Å². The Hall–Kier alpha value is -2.25. The first-order valence-electron chi connectivity index (χ1n) is 5.38. The summed E-state index contributed by atoms with van der Waals surface area (Å²) < 4.78 is 0. The highest BCUT2D eigenvalue weighted by Crippen LogP contribution is 2.13. The lowest BCUT2D eigenvalue weighted by Gasteiger charge is -2.06. The summed E-state index contributed by atoms with van der Waals surface area (Å²) in [6, 6.07) is 6.46. The van der Waals surface area contributed by atoms with Crippen molar-refractivity contribution < 1.29 is 4.79 Å². The summed E-state index contributed by atoms with van der Waals surface area (Å²) in [7, 11) is 0. The molecule has 19 heavy (non-hydrogen) atoms. The molecule has 0 spiro atoms. The molecule has 98 valence electrons. The molecule has 0 saturated carbocycles. The zero-order chi connectivity index (χ0) is 13.7. The summed E-state index contributed by atoms with van der Waals surface area (Å²) in [5.74, 6) is 5.25. The number of nitrogens with zero attached hydrogens (tertiary/aromatic N) is 3. The van der Waals surface area contributed by atoms with E-state index in [0.717, 1.165) is 0 Å². The number of carbonyl (C=O) groups is 1. The number of nitrogens with two attached hydrogens (primary N) is 1. The van der Waals surface area contributed by atoms with E-state index in [1.807, 2.05) is 0 Å². The Labute approximate surface area is 114 Å². The van der Waals surface area contributed by atoms with Crippen molar-refractivity contribution in [1.29, 1.82) is 0 Å². The van der Waals surface area contributed by atoms with E-state index in [4.69, 9.17) is 17.4 Å². The number of aromatic nitrogens is 3. The van der Waals surface area contributed by atoms with Gasteiger partial charge in [-0.25, -0.2) is 10.8 Å². The zero-order valence-electron chi connectivity index (χ0n) is 9.80. The lowest BCUT2D eigenvalue weighted by atomic mass is 10.2. The van der Waals surface area contributed by atoms with E-state index in [1.54, 1.807) is 18.3 Å². The van der Waals surface area contributed by atoms with Gasteiger partial charge in [-0.3, -0.25) is 4.79 Å². The molecule has 0 unspecified atom stereocenters. The van der Waals surface area contributed by atoms with Crippen LogP contribution in [0.25, 0.3) is 0 Å².